The van der Waals surface area contributed by atoms with Gasteiger partial charge in [-0.1, -0.05) is 0 Å². The maximum atomic E-state index is 12.0. The topological polar surface area (TPSA) is 84.7 Å². The van der Waals surface area contributed by atoms with E-state index in [1.165, 1.54) is 24.3 Å². The zero-order chi connectivity index (χ0) is 16.8. The minimum atomic E-state index is -0.480. The van der Waals surface area contributed by atoms with Gasteiger partial charge in [0.1, 0.15) is 0 Å². The Kier molecular flexibility index (Phi) is 6.06. The summed E-state index contributed by atoms with van der Waals surface area (Å²) in [5.74, 6) is -0.205. The summed E-state index contributed by atoms with van der Waals surface area (Å²) in [4.78, 5) is 24.4. The molecule has 0 saturated carbocycles. The average Bonchev–Trinajstić information content (AvgIpc) is 2.50. The molecule has 1 fully saturated rings. The van der Waals surface area contributed by atoms with Gasteiger partial charge in [0, 0.05) is 43.9 Å². The smallest absolute Gasteiger partial charge is 0.269 e. The van der Waals surface area contributed by atoms with Gasteiger partial charge in [0.2, 0.25) is 0 Å². The molecule has 0 unspecified atom stereocenters. The van der Waals surface area contributed by atoms with E-state index in [2.05, 4.69) is 24.1 Å². The third-order valence-electron chi connectivity index (χ3n) is 3.77. The standard InChI is InChI=1S/C16H23N3O4/c1-12-10-18(11-13(2)23-12)9-3-8-17-16(20)14-4-6-15(7-5-14)19(21)22/h4-7,12-13H,3,8-11H2,1-2H3,(H,17,20)/t12-,13-/m1/s1. The molecule has 0 aromatic heterocycles. The molecule has 1 N–H and O–H groups in total. The zero-order valence-electron chi connectivity index (χ0n) is 13.5. The van der Waals surface area contributed by atoms with E-state index in [-0.39, 0.29) is 23.8 Å². The molecule has 126 valence electrons. The summed E-state index contributed by atoms with van der Waals surface area (Å²) < 4.78 is 5.69. The molecule has 0 aliphatic carbocycles. The third-order valence-corrected chi connectivity index (χ3v) is 3.77. The van der Waals surface area contributed by atoms with Crippen LogP contribution >= 0.6 is 0 Å². The summed E-state index contributed by atoms with van der Waals surface area (Å²) in [6.45, 7) is 7.47. The number of non-ortho nitro benzene ring substituents is 1. The van der Waals surface area contributed by atoms with Crippen molar-refractivity contribution < 1.29 is 14.5 Å². The highest BCUT2D eigenvalue weighted by Crippen LogP contribution is 2.12. The van der Waals surface area contributed by atoms with Crippen LogP contribution in [0.2, 0.25) is 0 Å². The van der Waals surface area contributed by atoms with Crippen LogP contribution in [0.25, 0.3) is 0 Å². The van der Waals surface area contributed by atoms with Crippen molar-refractivity contribution in [2.45, 2.75) is 32.5 Å². The van der Waals surface area contributed by atoms with Gasteiger partial charge in [-0.2, -0.15) is 0 Å². The quantitative estimate of drug-likeness (QED) is 0.491. The Morgan fingerprint density at radius 1 is 1.30 bits per heavy atom. The van der Waals surface area contributed by atoms with E-state index < -0.39 is 4.92 Å². The lowest BCUT2D eigenvalue weighted by Crippen LogP contribution is -2.46. The van der Waals surface area contributed by atoms with E-state index in [4.69, 9.17) is 4.74 Å². The first-order valence-electron chi connectivity index (χ1n) is 7.86. The van der Waals surface area contributed by atoms with Crippen molar-refractivity contribution in [3.8, 4) is 0 Å². The number of carbonyl (C=O) groups excluding carboxylic acids is 1. The molecular formula is C16H23N3O4. The Balaban J connectivity index is 1.71. The molecule has 1 amide bonds. The molecule has 1 aromatic carbocycles. The van der Waals surface area contributed by atoms with Crippen LogP contribution in [0.1, 0.15) is 30.6 Å². The predicted octanol–water partition coefficient (Wildman–Crippen LogP) is 1.82. The second kappa shape index (κ2) is 8.03. The van der Waals surface area contributed by atoms with Gasteiger partial charge in [0.05, 0.1) is 17.1 Å². The zero-order valence-corrected chi connectivity index (χ0v) is 13.5. The second-order valence-electron chi connectivity index (χ2n) is 5.93. The summed E-state index contributed by atoms with van der Waals surface area (Å²) in [6.07, 6.45) is 1.35. The number of ether oxygens (including phenoxy) is 1. The highest BCUT2D eigenvalue weighted by atomic mass is 16.6. The van der Waals surface area contributed by atoms with Crippen LogP contribution in [-0.2, 0) is 4.74 Å². The maximum Gasteiger partial charge on any atom is 0.269 e. The first-order valence-corrected chi connectivity index (χ1v) is 7.86. The molecule has 1 saturated heterocycles. The normalized spacial score (nSPS) is 21.8. The van der Waals surface area contributed by atoms with Gasteiger partial charge < -0.3 is 10.1 Å². The molecule has 0 radical (unpaired) electrons. The fourth-order valence-electron chi connectivity index (χ4n) is 2.81. The average molecular weight is 321 g/mol. The van der Waals surface area contributed by atoms with Crippen molar-refractivity contribution >= 4 is 11.6 Å². The van der Waals surface area contributed by atoms with Crippen molar-refractivity contribution in [2.24, 2.45) is 0 Å². The number of hydrogen-bond acceptors (Lipinski definition) is 5. The molecule has 2 atom stereocenters. The highest BCUT2D eigenvalue weighted by Gasteiger charge is 2.21. The fourth-order valence-corrected chi connectivity index (χ4v) is 2.81. The van der Waals surface area contributed by atoms with E-state index in [9.17, 15) is 14.9 Å². The van der Waals surface area contributed by atoms with E-state index in [1.807, 2.05) is 0 Å². The largest absolute Gasteiger partial charge is 0.373 e. The van der Waals surface area contributed by atoms with Crippen molar-refractivity contribution in [2.75, 3.05) is 26.2 Å². The van der Waals surface area contributed by atoms with Gasteiger partial charge in [-0.25, -0.2) is 0 Å². The first-order chi connectivity index (χ1) is 11.0. The minimum absolute atomic E-state index is 0.0166. The van der Waals surface area contributed by atoms with E-state index in [0.29, 0.717) is 12.1 Å². The number of hydrogen-bond donors (Lipinski definition) is 1. The third kappa shape index (κ3) is 5.30. The number of benzene rings is 1. The van der Waals surface area contributed by atoms with Crippen molar-refractivity contribution in [1.82, 2.24) is 10.2 Å². The van der Waals surface area contributed by atoms with Crippen LogP contribution in [0.5, 0.6) is 0 Å². The SMILES string of the molecule is C[C@@H]1CN(CCCNC(=O)c2ccc([N+](=O)[O-])cc2)C[C@@H](C)O1. The van der Waals surface area contributed by atoms with Crippen molar-refractivity contribution in [3.05, 3.63) is 39.9 Å². The number of nitro groups is 1. The number of morpholine rings is 1. The number of amides is 1. The Morgan fingerprint density at radius 2 is 1.91 bits per heavy atom. The molecule has 0 spiro atoms. The summed E-state index contributed by atoms with van der Waals surface area (Å²) in [5, 5.41) is 13.4. The molecule has 1 aliphatic heterocycles. The lowest BCUT2D eigenvalue weighted by atomic mass is 10.2. The van der Waals surface area contributed by atoms with Crippen LogP contribution in [-0.4, -0.2) is 54.1 Å². The second-order valence-corrected chi connectivity index (χ2v) is 5.93. The van der Waals surface area contributed by atoms with E-state index >= 15 is 0 Å². The van der Waals surface area contributed by atoms with Gasteiger partial charge >= 0.3 is 0 Å². The van der Waals surface area contributed by atoms with Crippen LogP contribution in [0.4, 0.5) is 5.69 Å². The van der Waals surface area contributed by atoms with Gasteiger partial charge in [-0.05, 0) is 32.4 Å². The van der Waals surface area contributed by atoms with Gasteiger partial charge in [0.15, 0.2) is 0 Å². The molecule has 7 nitrogen and oxygen atoms in total. The summed E-state index contributed by atoms with van der Waals surface area (Å²) >= 11 is 0. The summed E-state index contributed by atoms with van der Waals surface area (Å²) in [5.41, 5.74) is 0.418. The Morgan fingerprint density at radius 3 is 2.48 bits per heavy atom. The molecule has 23 heavy (non-hydrogen) atoms. The van der Waals surface area contributed by atoms with Crippen molar-refractivity contribution in [1.29, 1.82) is 0 Å². The molecular weight excluding hydrogens is 298 g/mol. The van der Waals surface area contributed by atoms with Crippen LogP contribution in [0.15, 0.2) is 24.3 Å². The van der Waals surface area contributed by atoms with Gasteiger partial charge in [-0.3, -0.25) is 19.8 Å². The Labute approximate surface area is 135 Å². The first kappa shape index (κ1) is 17.4. The molecule has 0 bridgehead atoms. The maximum absolute atomic E-state index is 12.0. The minimum Gasteiger partial charge on any atom is -0.373 e. The molecule has 1 aliphatic rings. The van der Waals surface area contributed by atoms with Gasteiger partial charge in [-0.15, -0.1) is 0 Å². The lowest BCUT2D eigenvalue weighted by molar-refractivity contribution is -0.384. The number of nitrogens with one attached hydrogen (secondary N) is 1. The van der Waals surface area contributed by atoms with E-state index in [0.717, 1.165) is 26.1 Å². The Bertz CT molecular complexity index is 537. The summed E-state index contributed by atoms with van der Waals surface area (Å²) in [6, 6.07) is 5.62. The molecule has 2 rings (SSSR count). The van der Waals surface area contributed by atoms with Crippen LogP contribution in [0, 0.1) is 10.1 Å². The number of nitro benzene ring substituents is 1. The number of carbonyl (C=O) groups is 1. The predicted molar refractivity (Wildman–Crippen MR) is 86.5 cm³/mol. The van der Waals surface area contributed by atoms with E-state index in [1.54, 1.807) is 0 Å². The highest BCUT2D eigenvalue weighted by molar-refractivity contribution is 5.94. The van der Waals surface area contributed by atoms with Crippen LogP contribution in [0.3, 0.4) is 0 Å². The number of rotatable bonds is 6. The molecule has 1 aromatic rings. The van der Waals surface area contributed by atoms with Gasteiger partial charge in [0.25, 0.3) is 11.6 Å². The molecule has 1 heterocycles. The van der Waals surface area contributed by atoms with Crippen molar-refractivity contribution in [3.63, 3.8) is 0 Å². The summed E-state index contributed by atoms with van der Waals surface area (Å²) in [7, 11) is 0. The lowest BCUT2D eigenvalue weighted by Gasteiger charge is -2.35. The molecule has 7 heteroatoms. The Hall–Kier alpha value is -1.99. The fraction of sp³-hybridized carbons (Fsp3) is 0.562. The monoisotopic (exact) mass is 321 g/mol. The number of nitrogens with zero attached hydrogens (tertiary/aromatic N) is 2. The van der Waals surface area contributed by atoms with Crippen LogP contribution < -0.4 is 5.32 Å².